The van der Waals surface area contributed by atoms with Crippen molar-refractivity contribution in [3.05, 3.63) is 58.9 Å². The van der Waals surface area contributed by atoms with Crippen LogP contribution >= 0.6 is 0 Å². The van der Waals surface area contributed by atoms with Crippen LogP contribution in [0.5, 0.6) is 0 Å². The average Bonchev–Trinajstić information content (AvgIpc) is 2.69. The Bertz CT molecular complexity index is 830. The van der Waals surface area contributed by atoms with Gasteiger partial charge in [-0.1, -0.05) is 38.1 Å². The molecule has 2 aromatic rings. The Kier molecular flexibility index (Phi) is 5.52. The highest BCUT2D eigenvalue weighted by atomic mass is 16.3. The molecule has 2 heterocycles. The summed E-state index contributed by atoms with van der Waals surface area (Å²) >= 11 is 0. The third-order valence-corrected chi connectivity index (χ3v) is 5.20. The van der Waals surface area contributed by atoms with E-state index in [9.17, 15) is 9.90 Å². The number of carbonyl (C=O) groups excluding carboxylic acids is 1. The van der Waals surface area contributed by atoms with Crippen molar-refractivity contribution in [1.82, 2.24) is 15.1 Å². The summed E-state index contributed by atoms with van der Waals surface area (Å²) in [7, 11) is 0. The molecule has 1 aromatic heterocycles. The Balaban J connectivity index is 1.59. The standard InChI is InChI=1S/C21H24N4O2/c1-15(2)17-5-3-16(4-6-17)13-20(26)25-11-9-21(27,10-12-25)19-8-7-18(14-22)23-24-19/h3-8,15,27H,9-13H2,1-2H3. The fourth-order valence-electron chi connectivity index (χ4n) is 3.33. The molecule has 1 aromatic carbocycles. The predicted octanol–water partition coefficient (Wildman–Crippen LogP) is 2.52. The normalized spacial score (nSPS) is 16.2. The molecule has 1 saturated heterocycles. The van der Waals surface area contributed by atoms with E-state index in [-0.39, 0.29) is 11.6 Å². The summed E-state index contributed by atoms with van der Waals surface area (Å²) in [4.78, 5) is 14.4. The van der Waals surface area contributed by atoms with Crippen LogP contribution in [0.3, 0.4) is 0 Å². The van der Waals surface area contributed by atoms with E-state index < -0.39 is 5.60 Å². The molecule has 1 aliphatic rings. The number of amides is 1. The van der Waals surface area contributed by atoms with E-state index in [1.807, 2.05) is 18.2 Å². The number of rotatable bonds is 4. The van der Waals surface area contributed by atoms with Crippen LogP contribution in [-0.2, 0) is 16.8 Å². The molecule has 27 heavy (non-hydrogen) atoms. The largest absolute Gasteiger partial charge is 0.383 e. The first kappa shape index (κ1) is 19.0. The first-order chi connectivity index (χ1) is 12.9. The lowest BCUT2D eigenvalue weighted by atomic mass is 9.87. The molecule has 0 unspecified atom stereocenters. The predicted molar refractivity (Wildman–Crippen MR) is 101 cm³/mol. The van der Waals surface area contributed by atoms with E-state index in [0.29, 0.717) is 44.0 Å². The Morgan fingerprint density at radius 3 is 2.37 bits per heavy atom. The molecule has 1 N–H and O–H groups in total. The molecule has 0 radical (unpaired) electrons. The number of nitriles is 1. The lowest BCUT2D eigenvalue weighted by Gasteiger charge is -2.37. The monoisotopic (exact) mass is 364 g/mol. The maximum absolute atomic E-state index is 12.6. The van der Waals surface area contributed by atoms with Gasteiger partial charge in [0.1, 0.15) is 11.7 Å². The van der Waals surface area contributed by atoms with Gasteiger partial charge in [-0.2, -0.15) is 10.4 Å². The van der Waals surface area contributed by atoms with Gasteiger partial charge in [0.25, 0.3) is 0 Å². The minimum absolute atomic E-state index is 0.0697. The molecule has 1 fully saturated rings. The average molecular weight is 364 g/mol. The third kappa shape index (κ3) is 4.32. The summed E-state index contributed by atoms with van der Waals surface area (Å²) in [5.74, 6) is 0.542. The molecule has 0 saturated carbocycles. The van der Waals surface area contributed by atoms with Gasteiger partial charge in [-0.3, -0.25) is 4.79 Å². The van der Waals surface area contributed by atoms with Gasteiger partial charge in [0.05, 0.1) is 12.1 Å². The van der Waals surface area contributed by atoms with Crippen molar-refractivity contribution >= 4 is 5.91 Å². The number of piperidine rings is 1. The van der Waals surface area contributed by atoms with Crippen molar-refractivity contribution in [2.45, 2.75) is 44.6 Å². The lowest BCUT2D eigenvalue weighted by Crippen LogP contribution is -2.46. The smallest absolute Gasteiger partial charge is 0.226 e. The number of aromatic nitrogens is 2. The zero-order valence-electron chi connectivity index (χ0n) is 15.7. The molecule has 1 amide bonds. The van der Waals surface area contributed by atoms with Gasteiger partial charge in [0, 0.05) is 13.1 Å². The Morgan fingerprint density at radius 2 is 1.85 bits per heavy atom. The second kappa shape index (κ2) is 7.85. The van der Waals surface area contributed by atoms with E-state index in [1.165, 1.54) is 5.56 Å². The van der Waals surface area contributed by atoms with Gasteiger partial charge in [-0.15, -0.1) is 5.10 Å². The highest BCUT2D eigenvalue weighted by Gasteiger charge is 2.36. The molecule has 1 aliphatic heterocycles. The Hall–Kier alpha value is -2.78. The quantitative estimate of drug-likeness (QED) is 0.900. The first-order valence-electron chi connectivity index (χ1n) is 9.24. The molecule has 0 aliphatic carbocycles. The van der Waals surface area contributed by atoms with Gasteiger partial charge in [0.15, 0.2) is 5.69 Å². The van der Waals surface area contributed by atoms with Crippen LogP contribution in [0.2, 0.25) is 0 Å². The van der Waals surface area contributed by atoms with Crippen molar-refractivity contribution in [2.24, 2.45) is 0 Å². The summed E-state index contributed by atoms with van der Waals surface area (Å²) in [5, 5.41) is 27.4. The van der Waals surface area contributed by atoms with Crippen LogP contribution in [0.1, 0.15) is 55.1 Å². The van der Waals surface area contributed by atoms with Crippen LogP contribution in [-0.4, -0.2) is 39.2 Å². The van der Waals surface area contributed by atoms with Crippen molar-refractivity contribution in [1.29, 1.82) is 5.26 Å². The lowest BCUT2D eigenvalue weighted by molar-refractivity contribution is -0.135. The van der Waals surface area contributed by atoms with Gasteiger partial charge < -0.3 is 10.0 Å². The second-order valence-electron chi connectivity index (χ2n) is 7.40. The number of carbonyl (C=O) groups is 1. The molecule has 0 atom stereocenters. The molecule has 140 valence electrons. The van der Waals surface area contributed by atoms with Crippen LogP contribution < -0.4 is 0 Å². The first-order valence-corrected chi connectivity index (χ1v) is 9.24. The molecule has 0 bridgehead atoms. The molecule has 3 rings (SSSR count). The topological polar surface area (TPSA) is 90.1 Å². The van der Waals surface area contributed by atoms with Crippen LogP contribution in [0.25, 0.3) is 0 Å². The minimum Gasteiger partial charge on any atom is -0.383 e. The van der Waals surface area contributed by atoms with Crippen LogP contribution in [0.4, 0.5) is 0 Å². The summed E-state index contributed by atoms with van der Waals surface area (Å²) in [6.45, 7) is 5.24. The zero-order chi connectivity index (χ0) is 19.4. The summed E-state index contributed by atoms with van der Waals surface area (Å²) in [5.41, 5.74) is 1.84. The number of aliphatic hydroxyl groups is 1. The summed E-state index contributed by atoms with van der Waals surface area (Å²) < 4.78 is 0. The molecular formula is C21H24N4O2. The fraction of sp³-hybridized carbons (Fsp3) is 0.429. The van der Waals surface area contributed by atoms with E-state index in [1.54, 1.807) is 17.0 Å². The van der Waals surface area contributed by atoms with Gasteiger partial charge in [-0.25, -0.2) is 0 Å². The SMILES string of the molecule is CC(C)c1ccc(CC(=O)N2CCC(O)(c3ccc(C#N)nn3)CC2)cc1. The number of nitrogens with zero attached hydrogens (tertiary/aromatic N) is 4. The highest BCUT2D eigenvalue weighted by Crippen LogP contribution is 2.31. The van der Waals surface area contributed by atoms with Gasteiger partial charge >= 0.3 is 0 Å². The van der Waals surface area contributed by atoms with Crippen LogP contribution in [0.15, 0.2) is 36.4 Å². The van der Waals surface area contributed by atoms with Crippen molar-refractivity contribution < 1.29 is 9.90 Å². The summed E-state index contributed by atoms with van der Waals surface area (Å²) in [6, 6.07) is 13.3. The van der Waals surface area contributed by atoms with Crippen molar-refractivity contribution in [3.63, 3.8) is 0 Å². The van der Waals surface area contributed by atoms with Crippen molar-refractivity contribution in [3.8, 4) is 6.07 Å². The van der Waals surface area contributed by atoms with Crippen molar-refractivity contribution in [2.75, 3.05) is 13.1 Å². The number of hydrogen-bond donors (Lipinski definition) is 1. The highest BCUT2D eigenvalue weighted by molar-refractivity contribution is 5.78. The van der Waals surface area contributed by atoms with E-state index >= 15 is 0 Å². The van der Waals surface area contributed by atoms with E-state index in [2.05, 4.69) is 36.2 Å². The molecule has 6 nitrogen and oxygen atoms in total. The van der Waals surface area contributed by atoms with E-state index in [0.717, 1.165) is 5.56 Å². The van der Waals surface area contributed by atoms with Crippen LogP contribution in [0, 0.1) is 11.3 Å². The number of likely N-dealkylation sites (tertiary alicyclic amines) is 1. The molecular weight excluding hydrogens is 340 g/mol. The number of hydrogen-bond acceptors (Lipinski definition) is 5. The Labute approximate surface area is 159 Å². The third-order valence-electron chi connectivity index (χ3n) is 5.20. The number of benzene rings is 1. The summed E-state index contributed by atoms with van der Waals surface area (Å²) in [6.07, 6.45) is 1.19. The molecule has 0 spiro atoms. The maximum atomic E-state index is 12.6. The zero-order valence-corrected chi connectivity index (χ0v) is 15.7. The Morgan fingerprint density at radius 1 is 1.19 bits per heavy atom. The minimum atomic E-state index is -1.10. The van der Waals surface area contributed by atoms with Gasteiger partial charge in [0.2, 0.25) is 5.91 Å². The second-order valence-corrected chi connectivity index (χ2v) is 7.40. The maximum Gasteiger partial charge on any atom is 0.226 e. The fourth-order valence-corrected chi connectivity index (χ4v) is 3.33. The van der Waals surface area contributed by atoms with Gasteiger partial charge in [-0.05, 0) is 42.0 Å². The van der Waals surface area contributed by atoms with E-state index in [4.69, 9.17) is 5.26 Å². The molecule has 6 heteroatoms.